The van der Waals surface area contributed by atoms with Crippen LogP contribution in [0.15, 0.2) is 73.2 Å². The second-order valence-electron chi connectivity index (χ2n) is 9.33. The molecule has 0 spiro atoms. The predicted molar refractivity (Wildman–Crippen MR) is 145 cm³/mol. The summed E-state index contributed by atoms with van der Waals surface area (Å²) in [6.07, 6.45) is 5.78. The number of carbonyl (C=O) groups is 2. The van der Waals surface area contributed by atoms with Crippen molar-refractivity contribution in [2.45, 2.75) is 19.1 Å². The van der Waals surface area contributed by atoms with Crippen LogP contribution in [-0.2, 0) is 13.7 Å². The number of carbonyl (C=O) groups excluding carboxylic acids is 2. The number of anilines is 2. The lowest BCUT2D eigenvalue weighted by Crippen LogP contribution is -2.40. The van der Waals surface area contributed by atoms with Crippen LogP contribution in [0, 0.1) is 0 Å². The number of nitrogens with one attached hydrogen (secondary N) is 2. The van der Waals surface area contributed by atoms with Gasteiger partial charge in [0.15, 0.2) is 0 Å². The smallest absolute Gasteiger partial charge is 0.321 e. The Morgan fingerprint density at radius 1 is 1.05 bits per heavy atom. The first-order chi connectivity index (χ1) is 18.4. The third-order valence-corrected chi connectivity index (χ3v) is 6.60. The van der Waals surface area contributed by atoms with E-state index in [9.17, 15) is 14.7 Å². The summed E-state index contributed by atoms with van der Waals surface area (Å²) in [5.41, 5.74) is 11.3. The summed E-state index contributed by atoms with van der Waals surface area (Å²) in [4.78, 5) is 31.8. The molecule has 0 saturated carbocycles. The van der Waals surface area contributed by atoms with Gasteiger partial charge in [0, 0.05) is 55.4 Å². The summed E-state index contributed by atoms with van der Waals surface area (Å²) in [6, 6.07) is 16.5. The van der Waals surface area contributed by atoms with Gasteiger partial charge >= 0.3 is 6.03 Å². The average Bonchev–Trinajstić information content (AvgIpc) is 3.58. The highest BCUT2D eigenvalue weighted by molar-refractivity contribution is 5.99. The molecule has 0 bridgehead atoms. The summed E-state index contributed by atoms with van der Waals surface area (Å²) in [5.74, 6) is -0.179. The molecule has 5 rings (SSSR count). The molecule has 3 amide bonds. The van der Waals surface area contributed by atoms with Crippen LogP contribution in [0.3, 0.4) is 0 Å². The highest BCUT2D eigenvalue weighted by atomic mass is 16.3. The number of nitrogens with two attached hydrogens (primary N) is 1. The van der Waals surface area contributed by atoms with E-state index in [0.717, 1.165) is 27.8 Å². The van der Waals surface area contributed by atoms with E-state index in [4.69, 9.17) is 5.73 Å². The number of nitrogens with zero attached hydrogens (tertiary/aromatic N) is 4. The highest BCUT2D eigenvalue weighted by Gasteiger charge is 2.28. The lowest BCUT2D eigenvalue weighted by molar-refractivity contribution is 0.0938. The molecule has 2 aromatic heterocycles. The van der Waals surface area contributed by atoms with Crippen molar-refractivity contribution in [1.82, 2.24) is 25.0 Å². The number of aliphatic hydroxyl groups excluding tert-OH is 1. The molecular formula is C28H29N7O3. The van der Waals surface area contributed by atoms with Crippen molar-refractivity contribution in [1.29, 1.82) is 0 Å². The maximum absolute atomic E-state index is 13.0. The van der Waals surface area contributed by atoms with E-state index in [1.165, 1.54) is 0 Å². The van der Waals surface area contributed by atoms with Gasteiger partial charge in [0.1, 0.15) is 5.82 Å². The van der Waals surface area contributed by atoms with Crippen LogP contribution < -0.4 is 16.4 Å². The molecule has 1 atom stereocenters. The van der Waals surface area contributed by atoms with Gasteiger partial charge in [-0.15, -0.1) is 0 Å². The minimum atomic E-state index is -0.326. The van der Waals surface area contributed by atoms with E-state index in [1.807, 2.05) is 61.8 Å². The van der Waals surface area contributed by atoms with E-state index in [0.29, 0.717) is 25.2 Å². The van der Waals surface area contributed by atoms with Gasteiger partial charge in [-0.1, -0.05) is 36.4 Å². The predicted octanol–water partition coefficient (Wildman–Crippen LogP) is 3.26. The van der Waals surface area contributed by atoms with E-state index in [-0.39, 0.29) is 36.0 Å². The Morgan fingerprint density at radius 2 is 1.87 bits per heavy atom. The van der Waals surface area contributed by atoms with Crippen LogP contribution in [0.2, 0.25) is 0 Å². The average molecular weight is 512 g/mol. The van der Waals surface area contributed by atoms with Gasteiger partial charge in [-0.3, -0.25) is 9.48 Å². The van der Waals surface area contributed by atoms with E-state index < -0.39 is 0 Å². The number of hydrogen-bond donors (Lipinski definition) is 4. The summed E-state index contributed by atoms with van der Waals surface area (Å²) in [7, 11) is 1.82. The van der Waals surface area contributed by atoms with Gasteiger partial charge in [-0.2, -0.15) is 5.10 Å². The third-order valence-electron chi connectivity index (χ3n) is 6.60. The number of aromatic nitrogens is 3. The number of nitrogen functional groups attached to an aromatic ring is 1. The molecule has 0 aliphatic carbocycles. The fourth-order valence-electron chi connectivity index (χ4n) is 4.49. The van der Waals surface area contributed by atoms with E-state index in [2.05, 4.69) is 20.7 Å². The van der Waals surface area contributed by atoms with Crippen molar-refractivity contribution in [3.63, 3.8) is 0 Å². The molecule has 1 aliphatic rings. The molecular weight excluding hydrogens is 482 g/mol. The monoisotopic (exact) mass is 511 g/mol. The highest BCUT2D eigenvalue weighted by Crippen LogP contribution is 2.25. The Labute approximate surface area is 220 Å². The van der Waals surface area contributed by atoms with Crippen molar-refractivity contribution in [2.24, 2.45) is 7.05 Å². The van der Waals surface area contributed by atoms with Crippen LogP contribution in [0.4, 0.5) is 16.3 Å². The molecule has 1 aliphatic heterocycles. The van der Waals surface area contributed by atoms with Crippen LogP contribution in [0.25, 0.3) is 22.3 Å². The van der Waals surface area contributed by atoms with Crippen LogP contribution in [0.1, 0.15) is 22.3 Å². The van der Waals surface area contributed by atoms with Crippen LogP contribution >= 0.6 is 0 Å². The second kappa shape index (κ2) is 10.7. The Kier molecular flexibility index (Phi) is 7.05. The number of pyridine rings is 1. The molecule has 1 saturated heterocycles. The molecule has 10 nitrogen and oxygen atoms in total. The van der Waals surface area contributed by atoms with Crippen LogP contribution in [0.5, 0.6) is 0 Å². The van der Waals surface area contributed by atoms with Crippen molar-refractivity contribution in [2.75, 3.05) is 24.1 Å². The molecule has 4 aromatic rings. The lowest BCUT2D eigenvalue weighted by atomic mass is 10.0. The maximum atomic E-state index is 13.0. The number of hydrogen-bond acceptors (Lipinski definition) is 6. The fraction of sp³-hybridized carbons (Fsp3) is 0.214. The topological polar surface area (TPSA) is 138 Å². The van der Waals surface area contributed by atoms with Gasteiger partial charge in [0.05, 0.1) is 18.4 Å². The molecule has 1 fully saturated rings. The van der Waals surface area contributed by atoms with Crippen molar-refractivity contribution in [3.8, 4) is 22.3 Å². The molecule has 38 heavy (non-hydrogen) atoms. The minimum absolute atomic E-state index is 0.00424. The quantitative estimate of drug-likeness (QED) is 0.313. The summed E-state index contributed by atoms with van der Waals surface area (Å²) in [5, 5.41) is 19.4. The number of likely N-dealkylation sites (tertiary alicyclic amines) is 1. The van der Waals surface area contributed by atoms with Gasteiger partial charge in [-0.05, 0) is 41.3 Å². The summed E-state index contributed by atoms with van der Waals surface area (Å²) >= 11 is 0. The Balaban J connectivity index is 1.20. The summed E-state index contributed by atoms with van der Waals surface area (Å²) in [6.45, 7) is 0.897. The Bertz CT molecular complexity index is 1470. The Morgan fingerprint density at radius 3 is 2.61 bits per heavy atom. The standard InChI is InChI=1S/C28H29N7O3/c1-34-15-22(14-31-34)21-12-25(26(29)30-13-21)27(37)32-24-9-10-35(16-24)28(38)33-23-4-2-3-20(11-23)19-7-5-18(17-36)6-8-19/h2-8,11-15,24,36H,9-10,16-17H2,1H3,(H2,29,30)(H,32,37)(H,33,38)/t24-/m1/s1. The van der Waals surface area contributed by atoms with Crippen molar-refractivity contribution < 1.29 is 14.7 Å². The van der Waals surface area contributed by atoms with E-state index in [1.54, 1.807) is 28.0 Å². The lowest BCUT2D eigenvalue weighted by Gasteiger charge is -2.18. The van der Waals surface area contributed by atoms with Crippen molar-refractivity contribution in [3.05, 3.63) is 84.3 Å². The first-order valence-electron chi connectivity index (χ1n) is 12.3. The summed E-state index contributed by atoms with van der Waals surface area (Å²) < 4.78 is 1.68. The number of benzene rings is 2. The zero-order chi connectivity index (χ0) is 26.6. The zero-order valence-electron chi connectivity index (χ0n) is 21.0. The maximum Gasteiger partial charge on any atom is 0.321 e. The SMILES string of the molecule is Cn1cc(-c2cnc(N)c(C(=O)N[C@@H]3CCN(C(=O)Nc4cccc(-c5ccc(CO)cc5)c4)C3)c2)cn1. The first kappa shape index (κ1) is 25.0. The zero-order valence-corrected chi connectivity index (χ0v) is 21.0. The third kappa shape index (κ3) is 5.50. The van der Waals surface area contributed by atoms with Gasteiger partial charge in [-0.25, -0.2) is 9.78 Å². The largest absolute Gasteiger partial charge is 0.392 e. The molecule has 2 aromatic carbocycles. The number of amides is 3. The number of rotatable bonds is 6. The number of aliphatic hydroxyl groups is 1. The number of aryl methyl sites for hydroxylation is 1. The molecule has 0 unspecified atom stereocenters. The normalized spacial score (nSPS) is 14.9. The van der Waals surface area contributed by atoms with Crippen LogP contribution in [-0.4, -0.2) is 55.8 Å². The molecule has 10 heteroatoms. The molecule has 3 heterocycles. The molecule has 194 valence electrons. The number of urea groups is 1. The van der Waals surface area contributed by atoms with Crippen molar-refractivity contribution >= 4 is 23.4 Å². The van der Waals surface area contributed by atoms with Gasteiger partial charge in [0.2, 0.25) is 0 Å². The minimum Gasteiger partial charge on any atom is -0.392 e. The van der Waals surface area contributed by atoms with Gasteiger partial charge < -0.3 is 26.4 Å². The first-order valence-corrected chi connectivity index (χ1v) is 12.3. The van der Waals surface area contributed by atoms with E-state index >= 15 is 0 Å². The second-order valence-corrected chi connectivity index (χ2v) is 9.33. The molecule has 5 N–H and O–H groups in total. The fourth-order valence-corrected chi connectivity index (χ4v) is 4.49. The molecule has 0 radical (unpaired) electrons. The van der Waals surface area contributed by atoms with Gasteiger partial charge in [0.25, 0.3) is 5.91 Å². The Hall–Kier alpha value is -4.70.